The molecule has 8 heteroatoms. The maximum Gasteiger partial charge on any atom is 0.238 e. The standard InChI is InChI=1S/C21H18FN3O3S/c1-11-17-18(13-3-5-14(6-4-13)21(27)28)29-12(2)20(26)23-19(17)25(24-11)16-9-7-15(22)8-10-16/h3-10,12,18H,1-2H3,(H,23,26)(H,27,28)/p-1/t12-,18+/m0/s1. The summed E-state index contributed by atoms with van der Waals surface area (Å²) in [5.41, 5.74) is 3.13. The lowest BCUT2D eigenvalue weighted by Gasteiger charge is -2.18. The van der Waals surface area contributed by atoms with Gasteiger partial charge in [-0.2, -0.15) is 5.10 Å². The van der Waals surface area contributed by atoms with Crippen molar-refractivity contribution in [2.24, 2.45) is 0 Å². The Morgan fingerprint density at radius 3 is 2.45 bits per heavy atom. The second-order valence-corrected chi connectivity index (χ2v) is 8.24. The van der Waals surface area contributed by atoms with E-state index < -0.39 is 5.97 Å². The maximum atomic E-state index is 13.3. The Morgan fingerprint density at radius 1 is 1.17 bits per heavy atom. The topological polar surface area (TPSA) is 87.1 Å². The van der Waals surface area contributed by atoms with Crippen molar-refractivity contribution in [1.82, 2.24) is 9.78 Å². The summed E-state index contributed by atoms with van der Waals surface area (Å²) in [5, 5.41) is 18.0. The number of halogens is 1. The number of carboxylic acid groups (broad SMARTS) is 1. The zero-order chi connectivity index (χ0) is 20.7. The highest BCUT2D eigenvalue weighted by Crippen LogP contribution is 2.46. The van der Waals surface area contributed by atoms with Gasteiger partial charge in [-0.25, -0.2) is 9.07 Å². The van der Waals surface area contributed by atoms with Gasteiger partial charge >= 0.3 is 0 Å². The number of carbonyl (C=O) groups is 2. The number of hydrogen-bond donors (Lipinski definition) is 1. The molecule has 6 nitrogen and oxygen atoms in total. The summed E-state index contributed by atoms with van der Waals surface area (Å²) in [6, 6.07) is 12.3. The molecule has 2 heterocycles. The molecule has 0 aliphatic carbocycles. The molecule has 0 bridgehead atoms. The lowest BCUT2D eigenvalue weighted by Crippen LogP contribution is -2.22. The van der Waals surface area contributed by atoms with Crippen LogP contribution in [0.15, 0.2) is 48.5 Å². The summed E-state index contributed by atoms with van der Waals surface area (Å²) in [6.07, 6.45) is 0. The van der Waals surface area contributed by atoms with Crippen LogP contribution in [0.4, 0.5) is 10.2 Å². The van der Waals surface area contributed by atoms with E-state index in [1.807, 2.05) is 13.8 Å². The molecule has 29 heavy (non-hydrogen) atoms. The second-order valence-electron chi connectivity index (χ2n) is 6.79. The number of amides is 1. The molecule has 1 amide bonds. The Bertz CT molecular complexity index is 1090. The van der Waals surface area contributed by atoms with Gasteiger partial charge in [0.15, 0.2) is 0 Å². The Labute approximate surface area is 170 Å². The third-order valence-corrected chi connectivity index (χ3v) is 6.24. The number of benzene rings is 2. The monoisotopic (exact) mass is 410 g/mol. The molecule has 4 rings (SSSR count). The summed E-state index contributed by atoms with van der Waals surface area (Å²) < 4.78 is 14.9. The molecule has 1 aliphatic heterocycles. The fraction of sp³-hybridized carbons (Fsp3) is 0.190. The molecular weight excluding hydrogens is 393 g/mol. The van der Waals surface area contributed by atoms with Gasteiger partial charge in [0.2, 0.25) is 5.91 Å². The minimum absolute atomic E-state index is 0.0913. The van der Waals surface area contributed by atoms with E-state index in [1.54, 1.807) is 28.9 Å². The number of anilines is 1. The van der Waals surface area contributed by atoms with E-state index in [-0.39, 0.29) is 27.8 Å². The molecule has 1 N–H and O–H groups in total. The summed E-state index contributed by atoms with van der Waals surface area (Å²) in [5.74, 6) is -1.22. The summed E-state index contributed by atoms with van der Waals surface area (Å²) >= 11 is 1.46. The predicted octanol–water partition coefficient (Wildman–Crippen LogP) is 2.85. The zero-order valence-electron chi connectivity index (χ0n) is 15.7. The molecule has 3 aromatic rings. The van der Waals surface area contributed by atoms with Gasteiger partial charge < -0.3 is 15.2 Å². The van der Waals surface area contributed by atoms with Crippen LogP contribution < -0.4 is 10.4 Å². The largest absolute Gasteiger partial charge is 0.545 e. The van der Waals surface area contributed by atoms with E-state index in [0.29, 0.717) is 11.5 Å². The fourth-order valence-corrected chi connectivity index (χ4v) is 4.66. The molecular formula is C21H17FN3O3S-. The average molecular weight is 410 g/mol. The quantitative estimate of drug-likeness (QED) is 0.718. The number of aromatic carboxylic acids is 1. The van der Waals surface area contributed by atoms with Gasteiger partial charge in [0.05, 0.1) is 27.9 Å². The summed E-state index contributed by atoms with van der Waals surface area (Å²) in [6.45, 7) is 3.67. The number of carboxylic acids is 1. The molecule has 0 radical (unpaired) electrons. The summed E-state index contributed by atoms with van der Waals surface area (Å²) in [7, 11) is 0. The minimum atomic E-state index is -1.24. The van der Waals surface area contributed by atoms with E-state index in [9.17, 15) is 19.1 Å². The van der Waals surface area contributed by atoms with E-state index in [0.717, 1.165) is 16.8 Å². The highest BCUT2D eigenvalue weighted by molar-refractivity contribution is 8.01. The molecule has 0 spiro atoms. The molecule has 0 unspecified atom stereocenters. The Hall–Kier alpha value is -3.13. The normalized spacial score (nSPS) is 18.7. The number of fused-ring (bicyclic) bond motifs is 1. The number of nitrogens with zero attached hydrogens (tertiary/aromatic N) is 2. The lowest BCUT2D eigenvalue weighted by molar-refractivity contribution is -0.255. The number of nitrogens with one attached hydrogen (secondary N) is 1. The van der Waals surface area contributed by atoms with Crippen molar-refractivity contribution < 1.29 is 19.1 Å². The van der Waals surface area contributed by atoms with Crippen LogP contribution in [0, 0.1) is 12.7 Å². The smallest absolute Gasteiger partial charge is 0.238 e. The highest BCUT2D eigenvalue weighted by Gasteiger charge is 2.34. The van der Waals surface area contributed by atoms with Crippen molar-refractivity contribution in [3.05, 3.63) is 76.7 Å². The number of carbonyl (C=O) groups excluding carboxylic acids is 2. The van der Waals surface area contributed by atoms with Crippen molar-refractivity contribution in [3.63, 3.8) is 0 Å². The SMILES string of the molecule is Cc1nn(-c2ccc(F)cc2)c2c1[C@@H](c1ccc(C(=O)[O-])cc1)S[C@@H](C)C(=O)N2. The molecule has 0 saturated heterocycles. The number of hydrogen-bond acceptors (Lipinski definition) is 5. The van der Waals surface area contributed by atoms with Gasteiger partial charge in [-0.1, -0.05) is 24.3 Å². The van der Waals surface area contributed by atoms with E-state index >= 15 is 0 Å². The van der Waals surface area contributed by atoms with E-state index in [1.165, 1.54) is 36.0 Å². The van der Waals surface area contributed by atoms with Crippen molar-refractivity contribution in [1.29, 1.82) is 0 Å². The van der Waals surface area contributed by atoms with Crippen LogP contribution in [0.5, 0.6) is 0 Å². The average Bonchev–Trinajstić information content (AvgIpc) is 2.94. The van der Waals surface area contributed by atoms with Crippen LogP contribution in [-0.2, 0) is 4.79 Å². The van der Waals surface area contributed by atoms with Gasteiger partial charge in [-0.05, 0) is 49.2 Å². The number of thioether (sulfide) groups is 1. The first kappa shape index (κ1) is 19.2. The third-order valence-electron chi connectivity index (χ3n) is 4.84. The first-order chi connectivity index (χ1) is 13.8. The molecule has 0 fully saturated rings. The highest BCUT2D eigenvalue weighted by atomic mass is 32.2. The van der Waals surface area contributed by atoms with Crippen molar-refractivity contribution >= 4 is 29.5 Å². The van der Waals surface area contributed by atoms with Crippen LogP contribution in [0.2, 0.25) is 0 Å². The van der Waals surface area contributed by atoms with Gasteiger partial charge in [-0.3, -0.25) is 4.79 Å². The predicted molar refractivity (Wildman–Crippen MR) is 107 cm³/mol. The second kappa shape index (κ2) is 7.36. The van der Waals surface area contributed by atoms with Crippen LogP contribution in [0.1, 0.15) is 39.4 Å². The number of aryl methyl sites for hydroxylation is 1. The Kier molecular flexibility index (Phi) is 4.87. The van der Waals surface area contributed by atoms with Gasteiger partial charge in [-0.15, -0.1) is 11.8 Å². The Morgan fingerprint density at radius 2 is 1.83 bits per heavy atom. The molecule has 148 valence electrons. The van der Waals surface area contributed by atoms with Gasteiger partial charge in [0.25, 0.3) is 0 Å². The molecule has 0 saturated carbocycles. The van der Waals surface area contributed by atoms with Gasteiger partial charge in [0, 0.05) is 5.56 Å². The number of rotatable bonds is 3. The minimum Gasteiger partial charge on any atom is -0.545 e. The van der Waals surface area contributed by atoms with Crippen molar-refractivity contribution in [2.45, 2.75) is 24.3 Å². The van der Waals surface area contributed by atoms with Crippen LogP contribution in [0.25, 0.3) is 5.69 Å². The lowest BCUT2D eigenvalue weighted by atomic mass is 10.0. The van der Waals surface area contributed by atoms with Crippen LogP contribution in [0.3, 0.4) is 0 Å². The zero-order valence-corrected chi connectivity index (χ0v) is 16.5. The van der Waals surface area contributed by atoms with E-state index in [2.05, 4.69) is 10.4 Å². The molecule has 1 aliphatic rings. The first-order valence-corrected chi connectivity index (χ1v) is 9.92. The molecule has 2 aromatic carbocycles. The summed E-state index contributed by atoms with van der Waals surface area (Å²) in [4.78, 5) is 23.7. The maximum absolute atomic E-state index is 13.3. The fourth-order valence-electron chi connectivity index (χ4n) is 3.33. The van der Waals surface area contributed by atoms with Crippen molar-refractivity contribution in [2.75, 3.05) is 5.32 Å². The van der Waals surface area contributed by atoms with E-state index in [4.69, 9.17) is 0 Å². The van der Waals surface area contributed by atoms with Gasteiger partial charge in [0.1, 0.15) is 11.6 Å². The number of aromatic nitrogens is 2. The molecule has 1 aromatic heterocycles. The Balaban J connectivity index is 1.86. The van der Waals surface area contributed by atoms with Crippen LogP contribution >= 0.6 is 11.8 Å². The first-order valence-electron chi connectivity index (χ1n) is 8.98. The third kappa shape index (κ3) is 3.51. The van der Waals surface area contributed by atoms with Crippen molar-refractivity contribution in [3.8, 4) is 5.69 Å². The van der Waals surface area contributed by atoms with Crippen LogP contribution in [-0.4, -0.2) is 26.9 Å². The molecule has 2 atom stereocenters.